The molecule has 3 rings (SSSR count). The predicted molar refractivity (Wildman–Crippen MR) is 91.0 cm³/mol. The molecular formula is C19H28N2. The van der Waals surface area contributed by atoms with Crippen molar-refractivity contribution in [3.63, 3.8) is 0 Å². The van der Waals surface area contributed by atoms with E-state index in [4.69, 9.17) is 0 Å². The summed E-state index contributed by atoms with van der Waals surface area (Å²) in [6, 6.07) is 7.59. The summed E-state index contributed by atoms with van der Waals surface area (Å²) in [5.74, 6) is 0.645. The molecule has 1 N–H and O–H groups in total. The summed E-state index contributed by atoms with van der Waals surface area (Å²) >= 11 is 0. The number of aromatic amines is 1. The van der Waals surface area contributed by atoms with E-state index in [0.717, 1.165) is 0 Å². The van der Waals surface area contributed by atoms with Gasteiger partial charge in [0, 0.05) is 23.1 Å². The average Bonchev–Trinajstić information content (AvgIpc) is 2.96. The fourth-order valence-corrected chi connectivity index (χ4v) is 4.18. The molecule has 0 aliphatic heterocycles. The average molecular weight is 284 g/mol. The van der Waals surface area contributed by atoms with Gasteiger partial charge in [0.2, 0.25) is 0 Å². The maximum atomic E-state index is 3.35. The van der Waals surface area contributed by atoms with Crippen molar-refractivity contribution in [2.24, 2.45) is 0 Å². The van der Waals surface area contributed by atoms with Gasteiger partial charge < -0.3 is 4.98 Å². The van der Waals surface area contributed by atoms with E-state index in [-0.39, 0.29) is 0 Å². The Morgan fingerprint density at radius 2 is 1.90 bits per heavy atom. The number of nitrogens with one attached hydrogen (secondary N) is 1. The summed E-state index contributed by atoms with van der Waals surface area (Å²) in [7, 11) is 0. The van der Waals surface area contributed by atoms with Crippen molar-refractivity contribution in [3.8, 4) is 0 Å². The molecule has 2 nitrogen and oxygen atoms in total. The van der Waals surface area contributed by atoms with Crippen LogP contribution in [-0.4, -0.2) is 29.0 Å². The molecule has 114 valence electrons. The van der Waals surface area contributed by atoms with Crippen LogP contribution < -0.4 is 0 Å². The number of fused-ring (bicyclic) bond motifs is 3. The molecule has 1 aromatic heterocycles. The molecule has 0 fully saturated rings. The minimum Gasteiger partial charge on any atom is -0.361 e. The van der Waals surface area contributed by atoms with Gasteiger partial charge in [-0.2, -0.15) is 0 Å². The van der Waals surface area contributed by atoms with E-state index in [1.54, 1.807) is 11.1 Å². The van der Waals surface area contributed by atoms with Crippen molar-refractivity contribution in [2.75, 3.05) is 13.1 Å². The monoisotopic (exact) mass is 284 g/mol. The lowest BCUT2D eigenvalue weighted by molar-refractivity contribution is 0.159. The second kappa shape index (κ2) is 6.23. The number of benzene rings is 1. The first-order valence-electron chi connectivity index (χ1n) is 8.59. The number of aryl methyl sites for hydroxylation is 1. The number of hydrogen-bond acceptors (Lipinski definition) is 1. The van der Waals surface area contributed by atoms with E-state index < -0.39 is 0 Å². The highest BCUT2D eigenvalue weighted by Crippen LogP contribution is 2.38. The SMILES string of the molecule is CCCN(CCC)[C@H]1CCc2c(ccc3[nH]ccc23)[C@H]1C. The molecule has 21 heavy (non-hydrogen) atoms. The van der Waals surface area contributed by atoms with Crippen LogP contribution in [0.5, 0.6) is 0 Å². The van der Waals surface area contributed by atoms with Crippen molar-refractivity contribution in [1.29, 1.82) is 0 Å². The second-order valence-corrected chi connectivity index (χ2v) is 6.50. The molecule has 0 radical (unpaired) electrons. The number of rotatable bonds is 5. The molecule has 0 spiro atoms. The molecule has 0 unspecified atom stereocenters. The second-order valence-electron chi connectivity index (χ2n) is 6.50. The van der Waals surface area contributed by atoms with Crippen LogP contribution in [0.25, 0.3) is 10.9 Å². The van der Waals surface area contributed by atoms with Gasteiger partial charge in [-0.3, -0.25) is 4.90 Å². The fraction of sp³-hybridized carbons (Fsp3) is 0.579. The molecule has 2 atom stereocenters. The first-order valence-corrected chi connectivity index (χ1v) is 8.59. The van der Waals surface area contributed by atoms with Crippen LogP contribution in [0.4, 0.5) is 0 Å². The Hall–Kier alpha value is -1.28. The molecule has 0 bridgehead atoms. The first kappa shape index (κ1) is 14.6. The lowest BCUT2D eigenvalue weighted by atomic mass is 9.78. The van der Waals surface area contributed by atoms with Crippen molar-refractivity contribution in [3.05, 3.63) is 35.5 Å². The topological polar surface area (TPSA) is 19.0 Å². The molecule has 1 aromatic carbocycles. The van der Waals surface area contributed by atoms with Crippen molar-refractivity contribution in [1.82, 2.24) is 9.88 Å². The third-order valence-electron chi connectivity index (χ3n) is 5.13. The third kappa shape index (κ3) is 2.62. The zero-order valence-electron chi connectivity index (χ0n) is 13.7. The highest BCUT2D eigenvalue weighted by atomic mass is 15.2. The highest BCUT2D eigenvalue weighted by molar-refractivity contribution is 5.84. The third-order valence-corrected chi connectivity index (χ3v) is 5.13. The van der Waals surface area contributed by atoms with Crippen LogP contribution in [0.15, 0.2) is 24.4 Å². The van der Waals surface area contributed by atoms with Crippen molar-refractivity contribution < 1.29 is 0 Å². The molecule has 1 aliphatic carbocycles. The van der Waals surface area contributed by atoms with Gasteiger partial charge in [0.1, 0.15) is 0 Å². The molecule has 2 heteroatoms. The molecule has 0 saturated carbocycles. The quantitative estimate of drug-likeness (QED) is 0.842. The van der Waals surface area contributed by atoms with E-state index >= 15 is 0 Å². The number of H-pyrrole nitrogens is 1. The van der Waals surface area contributed by atoms with E-state index in [9.17, 15) is 0 Å². The Morgan fingerprint density at radius 1 is 1.14 bits per heavy atom. The summed E-state index contributed by atoms with van der Waals surface area (Å²) in [4.78, 5) is 6.08. The van der Waals surface area contributed by atoms with E-state index in [0.29, 0.717) is 12.0 Å². The maximum Gasteiger partial charge on any atom is 0.0456 e. The van der Waals surface area contributed by atoms with Crippen LogP contribution in [0.1, 0.15) is 57.1 Å². The molecule has 1 aliphatic rings. The smallest absolute Gasteiger partial charge is 0.0456 e. The first-order chi connectivity index (χ1) is 10.3. The van der Waals surface area contributed by atoms with Crippen LogP contribution in [0, 0.1) is 0 Å². The predicted octanol–water partition coefficient (Wildman–Crippen LogP) is 4.71. The Labute approximate surface area is 128 Å². The van der Waals surface area contributed by atoms with Crippen LogP contribution in [-0.2, 0) is 6.42 Å². The summed E-state index contributed by atoms with van der Waals surface area (Å²) < 4.78 is 0. The van der Waals surface area contributed by atoms with E-state index in [1.165, 1.54) is 49.7 Å². The number of aromatic nitrogens is 1. The van der Waals surface area contributed by atoms with Crippen LogP contribution in [0.2, 0.25) is 0 Å². The fourth-order valence-electron chi connectivity index (χ4n) is 4.18. The normalized spacial score (nSPS) is 21.9. The molecule has 2 aromatic rings. The molecular weight excluding hydrogens is 256 g/mol. The summed E-state index contributed by atoms with van der Waals surface area (Å²) in [5, 5.41) is 1.44. The minimum atomic E-state index is 0.645. The Kier molecular flexibility index (Phi) is 4.34. The Morgan fingerprint density at radius 3 is 2.62 bits per heavy atom. The van der Waals surface area contributed by atoms with Gasteiger partial charge in [0.15, 0.2) is 0 Å². The van der Waals surface area contributed by atoms with Gasteiger partial charge in [-0.15, -0.1) is 0 Å². The lowest BCUT2D eigenvalue weighted by Crippen LogP contribution is -2.42. The summed E-state index contributed by atoms with van der Waals surface area (Å²) in [6.07, 6.45) is 7.12. The van der Waals surface area contributed by atoms with Crippen LogP contribution >= 0.6 is 0 Å². The van der Waals surface area contributed by atoms with Crippen LogP contribution in [0.3, 0.4) is 0 Å². The Bertz CT molecular complexity index is 593. The summed E-state index contributed by atoms with van der Waals surface area (Å²) in [6.45, 7) is 9.51. The minimum absolute atomic E-state index is 0.645. The summed E-state index contributed by atoms with van der Waals surface area (Å²) in [5.41, 5.74) is 4.46. The number of nitrogens with zero attached hydrogens (tertiary/aromatic N) is 1. The van der Waals surface area contributed by atoms with Crippen molar-refractivity contribution >= 4 is 10.9 Å². The van der Waals surface area contributed by atoms with E-state index in [1.807, 2.05) is 0 Å². The van der Waals surface area contributed by atoms with Gasteiger partial charge in [-0.25, -0.2) is 0 Å². The molecule has 1 heterocycles. The molecule has 0 amide bonds. The largest absolute Gasteiger partial charge is 0.361 e. The van der Waals surface area contributed by atoms with Crippen molar-refractivity contribution in [2.45, 2.75) is 58.4 Å². The van der Waals surface area contributed by atoms with Gasteiger partial charge in [-0.1, -0.05) is 26.8 Å². The zero-order chi connectivity index (χ0) is 14.8. The Balaban J connectivity index is 1.92. The molecule has 0 saturated heterocycles. The lowest BCUT2D eigenvalue weighted by Gasteiger charge is -2.40. The van der Waals surface area contributed by atoms with Gasteiger partial charge in [0.05, 0.1) is 0 Å². The van der Waals surface area contributed by atoms with Gasteiger partial charge >= 0.3 is 0 Å². The highest BCUT2D eigenvalue weighted by Gasteiger charge is 2.30. The van der Waals surface area contributed by atoms with Gasteiger partial charge in [-0.05, 0) is 68.0 Å². The maximum absolute atomic E-state index is 3.35. The van der Waals surface area contributed by atoms with Gasteiger partial charge in [0.25, 0.3) is 0 Å². The number of hydrogen-bond donors (Lipinski definition) is 1. The standard InChI is InChI=1S/C19H28N2/c1-4-12-21(13-5-2)19-9-7-16-15(14(19)3)6-8-18-17(16)10-11-20-18/h6,8,10-11,14,19-20H,4-5,7,9,12-13H2,1-3H3/t14-,19+/m1/s1. The van der Waals surface area contributed by atoms with E-state index in [2.05, 4.69) is 55.1 Å². The zero-order valence-corrected chi connectivity index (χ0v) is 13.7.